The average Bonchev–Trinajstić information content (AvgIpc) is 3.18. The molecule has 3 aromatic rings. The van der Waals surface area contributed by atoms with E-state index < -0.39 is 0 Å². The van der Waals surface area contributed by atoms with Crippen LogP contribution < -0.4 is 9.47 Å². The third kappa shape index (κ3) is 5.87. The second-order valence-electron chi connectivity index (χ2n) is 7.67. The van der Waals surface area contributed by atoms with Crippen LogP contribution in [0.4, 0.5) is 0 Å². The van der Waals surface area contributed by atoms with E-state index in [-0.39, 0.29) is 5.91 Å². The van der Waals surface area contributed by atoms with E-state index in [1.165, 1.54) is 5.56 Å². The first-order chi connectivity index (χ1) is 15.2. The van der Waals surface area contributed by atoms with Gasteiger partial charge in [-0.05, 0) is 47.7 Å². The van der Waals surface area contributed by atoms with Gasteiger partial charge in [0.25, 0.3) is 0 Å². The smallest absolute Gasteiger partial charge is 0.227 e. The molecule has 1 aliphatic rings. The number of thiophene rings is 1. The lowest BCUT2D eigenvalue weighted by atomic mass is 10.2. The summed E-state index contributed by atoms with van der Waals surface area (Å²) in [5.41, 5.74) is 1.20. The molecule has 0 bridgehead atoms. The zero-order valence-corrected chi connectivity index (χ0v) is 18.6. The molecule has 0 N–H and O–H groups in total. The van der Waals surface area contributed by atoms with Gasteiger partial charge in [0.2, 0.25) is 5.91 Å². The van der Waals surface area contributed by atoms with E-state index in [2.05, 4.69) is 17.0 Å². The van der Waals surface area contributed by atoms with E-state index in [0.717, 1.165) is 49.8 Å². The monoisotopic (exact) mass is 436 g/mol. The van der Waals surface area contributed by atoms with Crippen molar-refractivity contribution in [3.05, 3.63) is 76.5 Å². The summed E-state index contributed by atoms with van der Waals surface area (Å²) in [6, 6.07) is 19.9. The summed E-state index contributed by atoms with van der Waals surface area (Å²) in [6.07, 6.45) is 1.51. The molecule has 1 aliphatic heterocycles. The summed E-state index contributed by atoms with van der Waals surface area (Å²) in [5.74, 6) is 2.45. The van der Waals surface area contributed by atoms with Gasteiger partial charge in [0.15, 0.2) is 11.5 Å². The molecule has 0 spiro atoms. The predicted molar refractivity (Wildman–Crippen MR) is 124 cm³/mol. The normalized spacial score (nSPS) is 14.8. The first-order valence-electron chi connectivity index (χ1n) is 10.6. The van der Waals surface area contributed by atoms with Crippen molar-refractivity contribution in [1.29, 1.82) is 0 Å². The number of hydrogen-bond donors (Lipinski definition) is 0. The molecule has 0 saturated carbocycles. The van der Waals surface area contributed by atoms with Gasteiger partial charge in [0.05, 0.1) is 13.5 Å². The maximum absolute atomic E-state index is 12.6. The zero-order chi connectivity index (χ0) is 21.5. The minimum Gasteiger partial charge on any atom is -0.493 e. The van der Waals surface area contributed by atoms with Crippen LogP contribution in [-0.4, -0.2) is 49.0 Å². The largest absolute Gasteiger partial charge is 0.493 e. The number of hydrogen-bond acceptors (Lipinski definition) is 5. The van der Waals surface area contributed by atoms with Crippen LogP contribution in [0.1, 0.15) is 16.9 Å². The van der Waals surface area contributed by atoms with Crippen molar-refractivity contribution >= 4 is 17.2 Å². The Morgan fingerprint density at radius 2 is 1.84 bits per heavy atom. The fourth-order valence-electron chi connectivity index (χ4n) is 3.85. The summed E-state index contributed by atoms with van der Waals surface area (Å²) < 4.78 is 11.4. The lowest BCUT2D eigenvalue weighted by molar-refractivity contribution is -0.130. The molecular formula is C25H28N2O3S. The van der Waals surface area contributed by atoms with Crippen LogP contribution in [-0.2, 0) is 17.8 Å². The van der Waals surface area contributed by atoms with Gasteiger partial charge in [0, 0.05) is 37.6 Å². The van der Waals surface area contributed by atoms with Crippen molar-refractivity contribution in [2.24, 2.45) is 0 Å². The molecule has 0 aliphatic carbocycles. The summed E-state index contributed by atoms with van der Waals surface area (Å²) >= 11 is 1.65. The third-order valence-corrected chi connectivity index (χ3v) is 6.32. The number of para-hydroxylation sites is 2. The molecule has 1 aromatic heterocycles. The average molecular weight is 437 g/mol. The first-order valence-corrected chi connectivity index (χ1v) is 11.5. The van der Waals surface area contributed by atoms with Gasteiger partial charge in [-0.3, -0.25) is 9.69 Å². The number of ether oxygens (including phenoxy) is 2. The predicted octanol–water partition coefficient (Wildman–Crippen LogP) is 4.83. The van der Waals surface area contributed by atoms with Gasteiger partial charge in [0.1, 0.15) is 5.75 Å². The number of carbonyl (C=O) groups is 1. The first kappa shape index (κ1) is 21.4. The second kappa shape index (κ2) is 10.5. The van der Waals surface area contributed by atoms with Gasteiger partial charge in [-0.2, -0.15) is 0 Å². The molecule has 2 aromatic carbocycles. The van der Waals surface area contributed by atoms with Crippen LogP contribution in [0.2, 0.25) is 0 Å². The highest BCUT2D eigenvalue weighted by Crippen LogP contribution is 2.31. The topological polar surface area (TPSA) is 42.0 Å². The Morgan fingerprint density at radius 1 is 0.968 bits per heavy atom. The fourth-order valence-corrected chi connectivity index (χ4v) is 4.54. The molecule has 2 heterocycles. The molecule has 0 atom stereocenters. The lowest BCUT2D eigenvalue weighted by Crippen LogP contribution is -2.35. The van der Waals surface area contributed by atoms with Crippen molar-refractivity contribution in [1.82, 2.24) is 9.80 Å². The van der Waals surface area contributed by atoms with Crippen LogP contribution in [0.25, 0.3) is 0 Å². The van der Waals surface area contributed by atoms with E-state index >= 15 is 0 Å². The molecule has 5 nitrogen and oxygen atoms in total. The third-order valence-electron chi connectivity index (χ3n) is 5.45. The molecule has 1 fully saturated rings. The maximum atomic E-state index is 12.6. The number of benzene rings is 2. The molecule has 6 heteroatoms. The number of carbonyl (C=O) groups excluding carboxylic acids is 1. The van der Waals surface area contributed by atoms with E-state index in [4.69, 9.17) is 9.47 Å². The zero-order valence-electron chi connectivity index (χ0n) is 17.8. The fraction of sp³-hybridized carbons (Fsp3) is 0.320. The Balaban J connectivity index is 1.34. The highest BCUT2D eigenvalue weighted by molar-refractivity contribution is 7.10. The highest BCUT2D eigenvalue weighted by Gasteiger charge is 2.19. The Morgan fingerprint density at radius 3 is 2.65 bits per heavy atom. The quantitative estimate of drug-likeness (QED) is 0.532. The number of amides is 1. The molecule has 1 saturated heterocycles. The lowest BCUT2D eigenvalue weighted by Gasteiger charge is -2.22. The van der Waals surface area contributed by atoms with Crippen molar-refractivity contribution in [2.45, 2.75) is 19.4 Å². The van der Waals surface area contributed by atoms with Crippen molar-refractivity contribution in [3.8, 4) is 17.2 Å². The van der Waals surface area contributed by atoms with Gasteiger partial charge in [-0.25, -0.2) is 0 Å². The minimum absolute atomic E-state index is 0.233. The van der Waals surface area contributed by atoms with Gasteiger partial charge in [-0.15, -0.1) is 11.3 Å². The molecule has 0 radical (unpaired) electrons. The van der Waals surface area contributed by atoms with E-state index in [0.29, 0.717) is 17.9 Å². The Labute approximate surface area is 187 Å². The van der Waals surface area contributed by atoms with Crippen molar-refractivity contribution < 1.29 is 14.3 Å². The van der Waals surface area contributed by atoms with E-state index in [9.17, 15) is 4.79 Å². The summed E-state index contributed by atoms with van der Waals surface area (Å²) in [4.78, 5) is 18.2. The second-order valence-corrected chi connectivity index (χ2v) is 8.70. The van der Waals surface area contributed by atoms with Crippen LogP contribution in [0, 0.1) is 0 Å². The maximum Gasteiger partial charge on any atom is 0.227 e. The van der Waals surface area contributed by atoms with Crippen LogP contribution in [0.5, 0.6) is 17.2 Å². The van der Waals surface area contributed by atoms with Gasteiger partial charge < -0.3 is 14.4 Å². The summed E-state index contributed by atoms with van der Waals surface area (Å²) in [5, 5.41) is 2.03. The highest BCUT2D eigenvalue weighted by atomic mass is 32.1. The minimum atomic E-state index is 0.233. The molecule has 1 amide bonds. The van der Waals surface area contributed by atoms with Crippen LogP contribution >= 0.6 is 11.3 Å². The van der Waals surface area contributed by atoms with Crippen LogP contribution in [0.3, 0.4) is 0 Å². The van der Waals surface area contributed by atoms with Crippen LogP contribution in [0.15, 0.2) is 66.0 Å². The number of rotatable bonds is 7. The Kier molecular flexibility index (Phi) is 7.22. The Bertz CT molecular complexity index is 990. The summed E-state index contributed by atoms with van der Waals surface area (Å²) in [6.45, 7) is 4.32. The van der Waals surface area contributed by atoms with Gasteiger partial charge >= 0.3 is 0 Å². The molecule has 0 unspecified atom stereocenters. The van der Waals surface area contributed by atoms with E-state index in [1.807, 2.05) is 58.8 Å². The number of methoxy groups -OCH3 is 1. The Hall–Kier alpha value is -2.83. The van der Waals surface area contributed by atoms with Gasteiger partial charge in [-0.1, -0.05) is 30.3 Å². The number of nitrogens with zero attached hydrogens (tertiary/aromatic N) is 2. The molecule has 4 rings (SSSR count). The molecular weight excluding hydrogens is 408 g/mol. The van der Waals surface area contributed by atoms with Crippen molar-refractivity contribution in [2.75, 3.05) is 33.3 Å². The standard InChI is InChI=1S/C25H28N2O3S/c1-29-23-10-2-3-11-24(23)30-21-8-4-7-20(17-21)19-26-12-6-13-27(15-14-26)25(28)18-22-9-5-16-31-22/h2-5,7-11,16-17H,6,12-15,18-19H2,1H3. The molecule has 31 heavy (non-hydrogen) atoms. The van der Waals surface area contributed by atoms with E-state index in [1.54, 1.807) is 18.4 Å². The summed E-state index contributed by atoms with van der Waals surface area (Å²) in [7, 11) is 1.65. The SMILES string of the molecule is COc1ccccc1Oc1cccc(CN2CCCN(C(=O)Cc3cccs3)CC2)c1. The van der Waals surface area contributed by atoms with Crippen molar-refractivity contribution in [3.63, 3.8) is 0 Å². The molecule has 162 valence electrons.